The van der Waals surface area contributed by atoms with Crippen LogP contribution in [0.4, 0.5) is 0 Å². The molecular weight excluding hydrogens is 357 g/mol. The number of halogens is 2. The van der Waals surface area contributed by atoms with Crippen molar-refractivity contribution in [1.29, 1.82) is 0 Å². The van der Waals surface area contributed by atoms with Crippen molar-refractivity contribution < 1.29 is 4.74 Å². The lowest BCUT2D eigenvalue weighted by Gasteiger charge is -2.23. The molecule has 4 nitrogen and oxygen atoms in total. The molecule has 1 aromatic carbocycles. The fourth-order valence-corrected chi connectivity index (χ4v) is 3.59. The number of fused-ring (bicyclic) bond motifs is 1. The predicted octanol–water partition coefficient (Wildman–Crippen LogP) is 5.61. The second kappa shape index (κ2) is 6.43. The Labute approximate surface area is 157 Å². The van der Waals surface area contributed by atoms with Crippen LogP contribution < -0.4 is 4.74 Å². The molecule has 0 bridgehead atoms. The Bertz CT molecular complexity index is 965. The molecule has 0 aliphatic heterocycles. The van der Waals surface area contributed by atoms with Gasteiger partial charge in [0.25, 0.3) is 0 Å². The molecule has 0 aliphatic carbocycles. The van der Waals surface area contributed by atoms with E-state index < -0.39 is 0 Å². The summed E-state index contributed by atoms with van der Waals surface area (Å²) in [7, 11) is 1.58. The third-order valence-corrected chi connectivity index (χ3v) is 4.75. The van der Waals surface area contributed by atoms with E-state index in [4.69, 9.17) is 27.9 Å². The Morgan fingerprint density at radius 3 is 2.40 bits per heavy atom. The third kappa shape index (κ3) is 3.29. The van der Waals surface area contributed by atoms with Crippen LogP contribution in [-0.2, 0) is 5.41 Å². The van der Waals surface area contributed by atoms with Gasteiger partial charge in [-0.25, -0.2) is 4.98 Å². The van der Waals surface area contributed by atoms with Crippen LogP contribution in [0.1, 0.15) is 31.9 Å². The lowest BCUT2D eigenvalue weighted by molar-refractivity contribution is 0.400. The van der Waals surface area contributed by atoms with Gasteiger partial charge >= 0.3 is 0 Å². The zero-order valence-electron chi connectivity index (χ0n) is 14.8. The van der Waals surface area contributed by atoms with Gasteiger partial charge < -0.3 is 4.74 Å². The summed E-state index contributed by atoms with van der Waals surface area (Å²) in [6.07, 6.45) is 1.58. The minimum Gasteiger partial charge on any atom is -0.481 e. The lowest BCUT2D eigenvalue weighted by atomic mass is 9.84. The average molecular weight is 376 g/mol. The molecule has 3 aromatic rings. The highest BCUT2D eigenvalue weighted by Gasteiger charge is 2.21. The first-order valence-corrected chi connectivity index (χ1v) is 8.65. The van der Waals surface area contributed by atoms with Crippen LogP contribution in [0.3, 0.4) is 0 Å². The summed E-state index contributed by atoms with van der Waals surface area (Å²) in [5.41, 5.74) is 4.63. The molecule has 0 amide bonds. The van der Waals surface area contributed by atoms with E-state index in [9.17, 15) is 0 Å². The van der Waals surface area contributed by atoms with Crippen molar-refractivity contribution in [3.8, 4) is 17.0 Å². The molecule has 0 saturated carbocycles. The van der Waals surface area contributed by atoms with E-state index in [2.05, 4.69) is 48.9 Å². The highest BCUT2D eigenvalue weighted by atomic mass is 35.5. The third-order valence-electron chi connectivity index (χ3n) is 4.18. The van der Waals surface area contributed by atoms with Gasteiger partial charge in [-0.1, -0.05) is 50.0 Å². The first kappa shape index (κ1) is 17.9. The molecule has 0 fully saturated rings. The summed E-state index contributed by atoms with van der Waals surface area (Å²) >= 11 is 12.9. The zero-order valence-corrected chi connectivity index (χ0v) is 16.3. The van der Waals surface area contributed by atoms with Gasteiger partial charge in [-0.3, -0.25) is 0 Å². The largest absolute Gasteiger partial charge is 0.481 e. The lowest BCUT2D eigenvalue weighted by Crippen LogP contribution is -2.12. The summed E-state index contributed by atoms with van der Waals surface area (Å²) in [5.74, 6) is 0.488. The number of aromatic nitrogens is 3. The van der Waals surface area contributed by atoms with Crippen LogP contribution in [0, 0.1) is 6.92 Å². The maximum absolute atomic E-state index is 6.59. The molecule has 0 aliphatic rings. The molecule has 0 unspecified atom stereocenters. The number of rotatable bonds is 2. The summed E-state index contributed by atoms with van der Waals surface area (Å²) in [4.78, 5) is 4.41. The second-order valence-electron chi connectivity index (χ2n) is 7.00. The maximum Gasteiger partial charge on any atom is 0.214 e. The molecule has 25 heavy (non-hydrogen) atoms. The van der Waals surface area contributed by atoms with Gasteiger partial charge in [0, 0.05) is 16.5 Å². The molecule has 0 N–H and O–H groups in total. The predicted molar refractivity (Wildman–Crippen MR) is 103 cm³/mol. The highest BCUT2D eigenvalue weighted by Crippen LogP contribution is 2.39. The molecule has 130 valence electrons. The number of aryl methyl sites for hydroxylation is 1. The highest BCUT2D eigenvalue weighted by molar-refractivity contribution is 6.35. The van der Waals surface area contributed by atoms with E-state index in [1.807, 2.05) is 12.1 Å². The van der Waals surface area contributed by atoms with Crippen molar-refractivity contribution in [3.05, 3.63) is 45.7 Å². The van der Waals surface area contributed by atoms with Crippen molar-refractivity contribution in [1.82, 2.24) is 15.2 Å². The first-order chi connectivity index (χ1) is 11.7. The van der Waals surface area contributed by atoms with Crippen molar-refractivity contribution >= 4 is 34.1 Å². The second-order valence-corrected chi connectivity index (χ2v) is 7.77. The Balaban J connectivity index is 2.35. The average Bonchev–Trinajstić information content (AvgIpc) is 2.54. The van der Waals surface area contributed by atoms with Gasteiger partial charge in [-0.05, 0) is 40.7 Å². The first-order valence-electron chi connectivity index (χ1n) is 7.89. The van der Waals surface area contributed by atoms with E-state index in [0.29, 0.717) is 16.5 Å². The van der Waals surface area contributed by atoms with Crippen LogP contribution in [0.15, 0.2) is 24.4 Å². The minimum absolute atomic E-state index is 0.0402. The summed E-state index contributed by atoms with van der Waals surface area (Å²) < 4.78 is 5.34. The van der Waals surface area contributed by atoms with E-state index in [1.165, 1.54) is 0 Å². The Morgan fingerprint density at radius 1 is 1.04 bits per heavy atom. The van der Waals surface area contributed by atoms with Gasteiger partial charge in [-0.15, -0.1) is 5.10 Å². The van der Waals surface area contributed by atoms with E-state index in [1.54, 1.807) is 13.3 Å². The fourth-order valence-electron chi connectivity index (χ4n) is 2.90. The molecule has 0 radical (unpaired) electrons. The van der Waals surface area contributed by atoms with Crippen LogP contribution in [-0.4, -0.2) is 22.3 Å². The molecule has 6 heteroatoms. The molecule has 3 rings (SSSR count). The zero-order chi connectivity index (χ0) is 18.4. The number of hydrogen-bond donors (Lipinski definition) is 0. The topological polar surface area (TPSA) is 47.9 Å². The molecular formula is C19H19Cl2N3O. The maximum atomic E-state index is 6.59. The number of nitrogens with zero attached hydrogens (tertiary/aromatic N) is 3. The Hall–Kier alpha value is -1.91. The summed E-state index contributed by atoms with van der Waals surface area (Å²) in [5, 5.41) is 9.60. The van der Waals surface area contributed by atoms with E-state index >= 15 is 0 Å². The van der Waals surface area contributed by atoms with Gasteiger partial charge in [0.2, 0.25) is 5.88 Å². The number of benzene rings is 1. The van der Waals surface area contributed by atoms with Crippen molar-refractivity contribution in [2.24, 2.45) is 0 Å². The number of methoxy groups -OCH3 is 1. The molecule has 2 aromatic heterocycles. The number of pyridine rings is 1. The monoisotopic (exact) mass is 375 g/mol. The molecule has 0 spiro atoms. The SMILES string of the molecule is COc1cc(-c2cc(Cl)c(C(C)(C)C)cc2C)c2c(Cl)nncc2n1. The van der Waals surface area contributed by atoms with Crippen LogP contribution in [0.5, 0.6) is 5.88 Å². The van der Waals surface area contributed by atoms with Crippen LogP contribution >= 0.6 is 23.2 Å². The Morgan fingerprint density at radius 2 is 1.76 bits per heavy atom. The normalized spacial score (nSPS) is 11.8. The van der Waals surface area contributed by atoms with Crippen molar-refractivity contribution in [2.75, 3.05) is 7.11 Å². The number of ether oxygens (including phenoxy) is 1. The van der Waals surface area contributed by atoms with E-state index in [-0.39, 0.29) is 5.41 Å². The summed E-state index contributed by atoms with van der Waals surface area (Å²) in [6.45, 7) is 8.49. The molecule has 0 atom stereocenters. The van der Waals surface area contributed by atoms with Crippen LogP contribution in [0.25, 0.3) is 22.0 Å². The van der Waals surface area contributed by atoms with Gasteiger partial charge in [0.15, 0.2) is 5.15 Å². The quantitative estimate of drug-likeness (QED) is 0.583. The Kier molecular flexibility index (Phi) is 4.60. The van der Waals surface area contributed by atoms with Gasteiger partial charge in [0.05, 0.1) is 18.8 Å². The molecule has 0 saturated heterocycles. The van der Waals surface area contributed by atoms with Crippen molar-refractivity contribution in [2.45, 2.75) is 33.1 Å². The van der Waals surface area contributed by atoms with Gasteiger partial charge in [0.1, 0.15) is 0 Å². The van der Waals surface area contributed by atoms with Crippen LogP contribution in [0.2, 0.25) is 10.2 Å². The minimum atomic E-state index is -0.0402. The van der Waals surface area contributed by atoms with Gasteiger partial charge in [-0.2, -0.15) is 5.10 Å². The van der Waals surface area contributed by atoms with E-state index in [0.717, 1.165) is 32.7 Å². The summed E-state index contributed by atoms with van der Waals surface area (Å²) in [6, 6.07) is 5.95. The fraction of sp³-hybridized carbons (Fsp3) is 0.316. The number of hydrogen-bond acceptors (Lipinski definition) is 4. The molecule has 2 heterocycles. The smallest absolute Gasteiger partial charge is 0.214 e. The standard InChI is InChI=1S/C19H19Cl2N3O/c1-10-6-13(19(2,3)4)14(20)7-11(10)12-8-16(25-5)23-15-9-22-24-18(21)17(12)15/h6-9H,1-5H3. The van der Waals surface area contributed by atoms with Crippen molar-refractivity contribution in [3.63, 3.8) is 0 Å².